The van der Waals surface area contributed by atoms with Crippen LogP contribution in [0.5, 0.6) is 0 Å². The Balaban J connectivity index is 1.48. The molecule has 2 heterocycles. The van der Waals surface area contributed by atoms with Crippen LogP contribution in [-0.4, -0.2) is 50.9 Å². The number of hydrogen-bond donors (Lipinski definition) is 1. The van der Waals surface area contributed by atoms with E-state index in [1.54, 1.807) is 6.20 Å². The lowest BCUT2D eigenvalue weighted by Gasteiger charge is -2.19. The van der Waals surface area contributed by atoms with Crippen LogP contribution in [0.2, 0.25) is 0 Å². The number of methoxy groups -OCH3 is 1. The fourth-order valence-corrected chi connectivity index (χ4v) is 4.26. The first kappa shape index (κ1) is 26.0. The molecule has 198 valence electrons. The summed E-state index contributed by atoms with van der Waals surface area (Å²) in [7, 11) is 1.51. The number of benzene rings is 3. The van der Waals surface area contributed by atoms with Crippen molar-refractivity contribution in [2.24, 2.45) is 0 Å². The van der Waals surface area contributed by atoms with Gasteiger partial charge in [0.2, 0.25) is 0 Å². The Labute approximate surface area is 225 Å². The zero-order chi connectivity index (χ0) is 27.6. The summed E-state index contributed by atoms with van der Waals surface area (Å²) in [4.78, 5) is 34.3. The van der Waals surface area contributed by atoms with Gasteiger partial charge in [-0.15, -0.1) is 0 Å². The first-order chi connectivity index (χ1) is 18.7. The van der Waals surface area contributed by atoms with Gasteiger partial charge >= 0.3 is 6.09 Å². The Hall–Kier alpha value is -4.63. The molecule has 2 aromatic heterocycles. The SMILES string of the molecule is COCC(=O)Cc1cccc(-c2nc(Nc3ccc4c(cnn4C(=O)OC(C)(C)C)c3)c3ccccc3n2)c1. The molecule has 3 aromatic carbocycles. The minimum absolute atomic E-state index is 0.00168. The van der Waals surface area contributed by atoms with Crippen LogP contribution in [0.3, 0.4) is 0 Å². The first-order valence-corrected chi connectivity index (χ1v) is 12.5. The molecule has 0 aliphatic carbocycles. The quantitative estimate of drug-likeness (QED) is 0.280. The Morgan fingerprint density at radius 2 is 1.79 bits per heavy atom. The second kappa shape index (κ2) is 10.6. The summed E-state index contributed by atoms with van der Waals surface area (Å²) >= 11 is 0. The molecular formula is C30H29N5O4. The number of fused-ring (bicyclic) bond motifs is 2. The van der Waals surface area contributed by atoms with Crippen molar-refractivity contribution in [3.63, 3.8) is 0 Å². The van der Waals surface area contributed by atoms with Gasteiger partial charge in [0, 0.05) is 35.6 Å². The molecule has 0 bridgehead atoms. The molecule has 0 saturated heterocycles. The van der Waals surface area contributed by atoms with E-state index in [0.29, 0.717) is 17.2 Å². The summed E-state index contributed by atoms with van der Waals surface area (Å²) in [6.07, 6.45) is 1.37. The summed E-state index contributed by atoms with van der Waals surface area (Å²) in [5.41, 5.74) is 3.25. The third-order valence-corrected chi connectivity index (χ3v) is 5.89. The Bertz CT molecular complexity index is 1690. The Morgan fingerprint density at radius 1 is 0.974 bits per heavy atom. The van der Waals surface area contributed by atoms with Crippen LogP contribution in [0.25, 0.3) is 33.2 Å². The van der Waals surface area contributed by atoms with Gasteiger partial charge in [0.1, 0.15) is 18.0 Å². The van der Waals surface area contributed by atoms with Crippen LogP contribution in [0.4, 0.5) is 16.3 Å². The second-order valence-corrected chi connectivity index (χ2v) is 10.2. The van der Waals surface area contributed by atoms with Gasteiger partial charge in [-0.05, 0) is 62.7 Å². The lowest BCUT2D eigenvalue weighted by molar-refractivity contribution is -0.121. The molecule has 0 aliphatic heterocycles. The van der Waals surface area contributed by atoms with Crippen LogP contribution in [-0.2, 0) is 20.7 Å². The fourth-order valence-electron chi connectivity index (χ4n) is 4.26. The summed E-state index contributed by atoms with van der Waals surface area (Å²) in [5, 5.41) is 9.28. The van der Waals surface area contributed by atoms with E-state index in [2.05, 4.69) is 10.4 Å². The highest BCUT2D eigenvalue weighted by atomic mass is 16.6. The number of aromatic nitrogens is 4. The number of nitrogens with zero attached hydrogens (tertiary/aromatic N) is 4. The van der Waals surface area contributed by atoms with E-state index in [1.165, 1.54) is 11.8 Å². The number of para-hydroxylation sites is 1. The van der Waals surface area contributed by atoms with E-state index in [4.69, 9.17) is 19.4 Å². The number of hydrogen-bond acceptors (Lipinski definition) is 8. The van der Waals surface area contributed by atoms with Gasteiger partial charge in [-0.25, -0.2) is 14.8 Å². The number of nitrogens with one attached hydrogen (secondary N) is 1. The molecule has 0 atom stereocenters. The average molecular weight is 524 g/mol. The molecule has 5 aromatic rings. The zero-order valence-corrected chi connectivity index (χ0v) is 22.3. The second-order valence-electron chi connectivity index (χ2n) is 10.2. The van der Waals surface area contributed by atoms with Crippen molar-refractivity contribution in [1.82, 2.24) is 19.7 Å². The minimum atomic E-state index is -0.623. The van der Waals surface area contributed by atoms with E-state index in [1.807, 2.05) is 87.5 Å². The topological polar surface area (TPSA) is 108 Å². The molecule has 9 nitrogen and oxygen atoms in total. The molecule has 5 rings (SSSR count). The molecule has 0 fully saturated rings. The monoisotopic (exact) mass is 523 g/mol. The maximum atomic E-state index is 12.6. The van der Waals surface area contributed by atoms with E-state index in [9.17, 15) is 9.59 Å². The molecule has 1 N–H and O–H groups in total. The first-order valence-electron chi connectivity index (χ1n) is 12.5. The standard InChI is InChI=1S/C30H29N5O4/c1-30(2,3)39-29(37)35-26-13-12-22(16-21(26)17-31-35)32-28-24-10-5-6-11-25(24)33-27(34-28)20-9-7-8-19(14-20)15-23(36)18-38-4/h5-14,16-17H,15,18H2,1-4H3,(H,32,33,34). The van der Waals surface area contributed by atoms with Gasteiger partial charge in [0.25, 0.3) is 0 Å². The highest BCUT2D eigenvalue weighted by molar-refractivity contribution is 5.94. The molecule has 0 amide bonds. The zero-order valence-electron chi connectivity index (χ0n) is 22.3. The number of ether oxygens (including phenoxy) is 2. The van der Waals surface area contributed by atoms with E-state index >= 15 is 0 Å². The Morgan fingerprint density at radius 3 is 2.59 bits per heavy atom. The van der Waals surface area contributed by atoms with Gasteiger partial charge in [-0.1, -0.05) is 30.3 Å². The van der Waals surface area contributed by atoms with Crippen molar-refractivity contribution in [2.45, 2.75) is 32.8 Å². The van der Waals surface area contributed by atoms with Crippen molar-refractivity contribution in [3.05, 3.63) is 78.5 Å². The summed E-state index contributed by atoms with van der Waals surface area (Å²) in [6, 6.07) is 21.0. The van der Waals surface area contributed by atoms with Gasteiger partial charge in [0.05, 0.1) is 17.2 Å². The number of anilines is 2. The van der Waals surface area contributed by atoms with Gasteiger partial charge in [0.15, 0.2) is 11.6 Å². The predicted octanol–water partition coefficient (Wildman–Crippen LogP) is 5.93. The van der Waals surface area contributed by atoms with Crippen LogP contribution in [0, 0.1) is 0 Å². The smallest absolute Gasteiger partial charge is 0.435 e. The number of carbonyl (C=O) groups is 2. The van der Waals surface area contributed by atoms with Crippen molar-refractivity contribution >= 4 is 45.2 Å². The van der Waals surface area contributed by atoms with Crippen LogP contribution in [0.1, 0.15) is 26.3 Å². The predicted molar refractivity (Wildman–Crippen MR) is 150 cm³/mol. The normalized spacial score (nSPS) is 11.6. The summed E-state index contributed by atoms with van der Waals surface area (Å²) < 4.78 is 11.7. The molecule has 0 spiro atoms. The number of carbonyl (C=O) groups excluding carboxylic acids is 2. The fraction of sp³-hybridized carbons (Fsp3) is 0.233. The molecule has 9 heteroatoms. The van der Waals surface area contributed by atoms with E-state index in [-0.39, 0.29) is 18.8 Å². The van der Waals surface area contributed by atoms with Gasteiger partial charge in [-0.2, -0.15) is 9.78 Å². The maximum absolute atomic E-state index is 12.6. The van der Waals surface area contributed by atoms with Crippen LogP contribution in [0.15, 0.2) is 72.9 Å². The molecule has 0 unspecified atom stereocenters. The lowest BCUT2D eigenvalue weighted by atomic mass is 10.1. The summed E-state index contributed by atoms with van der Waals surface area (Å²) in [5.74, 6) is 1.17. The van der Waals surface area contributed by atoms with Gasteiger partial charge < -0.3 is 14.8 Å². The Kier molecular flexibility index (Phi) is 7.08. The maximum Gasteiger partial charge on any atom is 0.435 e. The molecule has 0 saturated carbocycles. The average Bonchev–Trinajstić information content (AvgIpc) is 3.31. The van der Waals surface area contributed by atoms with Crippen LogP contribution < -0.4 is 5.32 Å². The summed E-state index contributed by atoms with van der Waals surface area (Å²) in [6.45, 7) is 5.52. The number of rotatable bonds is 7. The van der Waals surface area contributed by atoms with E-state index in [0.717, 1.165) is 33.1 Å². The van der Waals surface area contributed by atoms with Crippen molar-refractivity contribution < 1.29 is 19.1 Å². The van der Waals surface area contributed by atoms with Crippen molar-refractivity contribution in [3.8, 4) is 11.4 Å². The number of ketones is 1. The highest BCUT2D eigenvalue weighted by Crippen LogP contribution is 2.29. The third kappa shape index (κ3) is 5.94. The van der Waals surface area contributed by atoms with Crippen LogP contribution >= 0.6 is 0 Å². The molecule has 0 aliphatic rings. The molecular weight excluding hydrogens is 494 g/mol. The lowest BCUT2D eigenvalue weighted by Crippen LogP contribution is -2.27. The highest BCUT2D eigenvalue weighted by Gasteiger charge is 2.20. The number of Topliss-reactive ketones (excluding diaryl/α,β-unsaturated/α-hetero) is 1. The van der Waals surface area contributed by atoms with Crippen molar-refractivity contribution in [2.75, 3.05) is 19.0 Å². The molecule has 0 radical (unpaired) electrons. The minimum Gasteiger partial charge on any atom is -0.442 e. The van der Waals surface area contributed by atoms with Gasteiger partial charge in [-0.3, -0.25) is 4.79 Å². The molecule has 39 heavy (non-hydrogen) atoms. The van der Waals surface area contributed by atoms with Crippen molar-refractivity contribution in [1.29, 1.82) is 0 Å². The largest absolute Gasteiger partial charge is 0.442 e. The van der Waals surface area contributed by atoms with E-state index < -0.39 is 11.7 Å². The third-order valence-electron chi connectivity index (χ3n) is 5.89.